The van der Waals surface area contributed by atoms with Crippen molar-refractivity contribution in [2.24, 2.45) is 0 Å². The van der Waals surface area contributed by atoms with Crippen LogP contribution in [0.25, 0.3) is 0 Å². The lowest BCUT2D eigenvalue weighted by molar-refractivity contribution is -0.106. The van der Waals surface area contributed by atoms with E-state index in [2.05, 4.69) is 18.9 Å². The van der Waals surface area contributed by atoms with Gasteiger partial charge in [-0.2, -0.15) is 5.10 Å². The number of alkyl halides is 2. The van der Waals surface area contributed by atoms with E-state index in [0.29, 0.717) is 5.92 Å². The molecule has 1 saturated carbocycles. The van der Waals surface area contributed by atoms with Crippen LogP contribution in [-0.2, 0) is 0 Å². The van der Waals surface area contributed by atoms with E-state index in [9.17, 15) is 8.78 Å². The monoisotopic (exact) mass is 200 g/mol. The van der Waals surface area contributed by atoms with E-state index in [1.807, 2.05) is 6.20 Å². The number of rotatable bonds is 2. The molecule has 0 aliphatic heterocycles. The average Bonchev–Trinajstić information content (AvgIpc) is 2.47. The molecule has 78 valence electrons. The van der Waals surface area contributed by atoms with E-state index in [1.165, 1.54) is 0 Å². The second-order valence-corrected chi connectivity index (χ2v) is 4.33. The second kappa shape index (κ2) is 3.04. The molecular formula is C10H14F2N2. The first-order valence-corrected chi connectivity index (χ1v) is 4.90. The SMILES string of the molecule is CC(C)c1cnn(C2CC(F)(F)C2)c1. The molecule has 0 saturated heterocycles. The summed E-state index contributed by atoms with van der Waals surface area (Å²) >= 11 is 0. The van der Waals surface area contributed by atoms with Gasteiger partial charge in [-0.3, -0.25) is 4.68 Å². The van der Waals surface area contributed by atoms with Crippen molar-refractivity contribution >= 4 is 0 Å². The Kier molecular flexibility index (Phi) is 2.09. The maximum atomic E-state index is 12.6. The van der Waals surface area contributed by atoms with Crippen LogP contribution in [0.4, 0.5) is 8.78 Å². The molecule has 0 spiro atoms. The average molecular weight is 200 g/mol. The first-order chi connectivity index (χ1) is 6.48. The summed E-state index contributed by atoms with van der Waals surface area (Å²) in [5.41, 5.74) is 1.11. The van der Waals surface area contributed by atoms with Crippen LogP contribution < -0.4 is 0 Å². The molecule has 0 atom stereocenters. The van der Waals surface area contributed by atoms with Crippen LogP contribution in [0.15, 0.2) is 12.4 Å². The standard InChI is InChI=1S/C10H14F2N2/c1-7(2)8-5-13-14(6-8)9-3-10(11,12)4-9/h5-7,9H,3-4H2,1-2H3. The van der Waals surface area contributed by atoms with Crippen molar-refractivity contribution in [3.05, 3.63) is 18.0 Å². The summed E-state index contributed by atoms with van der Waals surface area (Å²) in [5.74, 6) is -2.06. The van der Waals surface area contributed by atoms with E-state index < -0.39 is 5.92 Å². The molecule has 0 unspecified atom stereocenters. The van der Waals surface area contributed by atoms with Gasteiger partial charge in [-0.15, -0.1) is 0 Å². The van der Waals surface area contributed by atoms with Crippen LogP contribution >= 0.6 is 0 Å². The first kappa shape index (κ1) is 9.62. The van der Waals surface area contributed by atoms with Gasteiger partial charge < -0.3 is 0 Å². The van der Waals surface area contributed by atoms with Gasteiger partial charge in [-0.25, -0.2) is 8.78 Å². The second-order valence-electron chi connectivity index (χ2n) is 4.33. The van der Waals surface area contributed by atoms with Crippen LogP contribution in [-0.4, -0.2) is 15.7 Å². The van der Waals surface area contributed by atoms with Gasteiger partial charge in [0.15, 0.2) is 0 Å². The van der Waals surface area contributed by atoms with E-state index >= 15 is 0 Å². The minimum Gasteiger partial charge on any atom is -0.269 e. The van der Waals surface area contributed by atoms with Gasteiger partial charge >= 0.3 is 0 Å². The van der Waals surface area contributed by atoms with Gasteiger partial charge in [0.2, 0.25) is 0 Å². The molecule has 2 rings (SSSR count). The predicted molar refractivity (Wildman–Crippen MR) is 49.5 cm³/mol. The minimum absolute atomic E-state index is 0.0633. The highest BCUT2D eigenvalue weighted by atomic mass is 19.3. The lowest BCUT2D eigenvalue weighted by Gasteiger charge is -2.34. The van der Waals surface area contributed by atoms with Crippen LogP contribution in [0.3, 0.4) is 0 Å². The zero-order valence-corrected chi connectivity index (χ0v) is 8.37. The zero-order valence-electron chi connectivity index (χ0n) is 8.37. The minimum atomic E-state index is -2.46. The molecule has 0 aromatic carbocycles. The Balaban J connectivity index is 2.05. The molecule has 1 aliphatic carbocycles. The highest BCUT2D eigenvalue weighted by Crippen LogP contribution is 2.45. The Morgan fingerprint density at radius 3 is 2.57 bits per heavy atom. The molecule has 1 aromatic heterocycles. The molecule has 1 fully saturated rings. The Bertz CT molecular complexity index is 323. The van der Waals surface area contributed by atoms with Crippen molar-refractivity contribution in [1.82, 2.24) is 9.78 Å². The molecule has 2 nitrogen and oxygen atoms in total. The fourth-order valence-corrected chi connectivity index (χ4v) is 1.67. The number of halogens is 2. The summed E-state index contributed by atoms with van der Waals surface area (Å²) in [4.78, 5) is 0. The van der Waals surface area contributed by atoms with Gasteiger partial charge in [0.05, 0.1) is 12.2 Å². The molecule has 0 N–H and O–H groups in total. The van der Waals surface area contributed by atoms with Gasteiger partial charge in [0, 0.05) is 19.0 Å². The third-order valence-electron chi connectivity index (χ3n) is 2.73. The Hall–Kier alpha value is -0.930. The van der Waals surface area contributed by atoms with Crippen LogP contribution in [0, 0.1) is 0 Å². The third kappa shape index (κ3) is 1.65. The maximum Gasteiger partial charge on any atom is 0.252 e. The van der Waals surface area contributed by atoms with E-state index in [1.54, 1.807) is 10.9 Å². The van der Waals surface area contributed by atoms with E-state index in [-0.39, 0.29) is 18.9 Å². The molecule has 0 bridgehead atoms. The van der Waals surface area contributed by atoms with Crippen molar-refractivity contribution in [2.45, 2.75) is 44.6 Å². The largest absolute Gasteiger partial charge is 0.269 e. The van der Waals surface area contributed by atoms with Crippen LogP contribution in [0.5, 0.6) is 0 Å². The molecular weight excluding hydrogens is 186 g/mol. The highest BCUT2D eigenvalue weighted by Gasteiger charge is 2.46. The molecule has 1 aromatic rings. The van der Waals surface area contributed by atoms with Gasteiger partial charge in [0.1, 0.15) is 0 Å². The van der Waals surface area contributed by atoms with Crippen molar-refractivity contribution < 1.29 is 8.78 Å². The summed E-state index contributed by atoms with van der Waals surface area (Å²) in [6.45, 7) is 4.13. The summed E-state index contributed by atoms with van der Waals surface area (Å²) in [6.07, 6.45) is 3.52. The Morgan fingerprint density at radius 1 is 1.50 bits per heavy atom. The summed E-state index contributed by atoms with van der Waals surface area (Å²) in [5, 5.41) is 4.11. The normalized spacial score (nSPS) is 21.2. The van der Waals surface area contributed by atoms with Gasteiger partial charge in [-0.1, -0.05) is 13.8 Å². The molecule has 4 heteroatoms. The fraction of sp³-hybridized carbons (Fsp3) is 0.700. The van der Waals surface area contributed by atoms with E-state index in [4.69, 9.17) is 0 Å². The van der Waals surface area contributed by atoms with E-state index in [0.717, 1.165) is 5.56 Å². The van der Waals surface area contributed by atoms with Crippen molar-refractivity contribution in [2.75, 3.05) is 0 Å². The summed E-state index contributed by atoms with van der Waals surface area (Å²) in [7, 11) is 0. The van der Waals surface area contributed by atoms with Crippen LogP contribution in [0.2, 0.25) is 0 Å². The van der Waals surface area contributed by atoms with Crippen molar-refractivity contribution in [1.29, 1.82) is 0 Å². The maximum absolute atomic E-state index is 12.6. The lowest BCUT2D eigenvalue weighted by atomic mass is 9.88. The third-order valence-corrected chi connectivity index (χ3v) is 2.73. The smallest absolute Gasteiger partial charge is 0.252 e. The lowest BCUT2D eigenvalue weighted by Crippen LogP contribution is -2.37. The van der Waals surface area contributed by atoms with Gasteiger partial charge in [0.25, 0.3) is 5.92 Å². The fourth-order valence-electron chi connectivity index (χ4n) is 1.67. The topological polar surface area (TPSA) is 17.8 Å². The number of nitrogens with zero attached hydrogens (tertiary/aromatic N) is 2. The highest BCUT2D eigenvalue weighted by molar-refractivity contribution is 5.10. The number of hydrogen-bond acceptors (Lipinski definition) is 1. The summed E-state index contributed by atoms with van der Waals surface area (Å²) < 4.78 is 26.9. The molecule has 1 heterocycles. The zero-order chi connectivity index (χ0) is 10.3. The number of hydrogen-bond donors (Lipinski definition) is 0. The Morgan fingerprint density at radius 2 is 2.14 bits per heavy atom. The van der Waals surface area contributed by atoms with Crippen molar-refractivity contribution in [3.63, 3.8) is 0 Å². The first-order valence-electron chi connectivity index (χ1n) is 4.90. The van der Waals surface area contributed by atoms with Crippen molar-refractivity contribution in [3.8, 4) is 0 Å². The number of aromatic nitrogens is 2. The van der Waals surface area contributed by atoms with Gasteiger partial charge in [-0.05, 0) is 11.5 Å². The molecule has 0 radical (unpaired) electrons. The predicted octanol–water partition coefficient (Wildman–Crippen LogP) is 2.98. The molecule has 0 amide bonds. The quantitative estimate of drug-likeness (QED) is 0.717. The Labute approximate surface area is 81.9 Å². The van der Waals surface area contributed by atoms with Crippen LogP contribution in [0.1, 0.15) is 44.2 Å². The summed E-state index contributed by atoms with van der Waals surface area (Å²) in [6, 6.07) is -0.0995. The molecule has 14 heavy (non-hydrogen) atoms. The molecule has 1 aliphatic rings.